The molecule has 0 atom stereocenters. The summed E-state index contributed by atoms with van der Waals surface area (Å²) in [6.07, 6.45) is 0. The van der Waals surface area contributed by atoms with Gasteiger partial charge in [-0.05, 0) is 30.9 Å². The van der Waals surface area contributed by atoms with E-state index in [9.17, 15) is 4.79 Å². The smallest absolute Gasteiger partial charge is 0.236 e. The van der Waals surface area contributed by atoms with Gasteiger partial charge in [-0.1, -0.05) is 0 Å². The van der Waals surface area contributed by atoms with Crippen LogP contribution < -0.4 is 5.43 Å². The molecule has 0 aliphatic heterocycles. The highest BCUT2D eigenvalue weighted by molar-refractivity contribution is 7.12. The van der Waals surface area contributed by atoms with Crippen LogP contribution in [0, 0.1) is 6.92 Å². The van der Waals surface area contributed by atoms with E-state index in [1.165, 1.54) is 12.5 Å². The van der Waals surface area contributed by atoms with Gasteiger partial charge < -0.3 is 0 Å². The van der Waals surface area contributed by atoms with Crippen LogP contribution in [0.5, 0.6) is 0 Å². The van der Waals surface area contributed by atoms with Crippen LogP contribution in [-0.2, 0) is 4.79 Å². The fourth-order valence-electron chi connectivity index (χ4n) is 0.957. The lowest BCUT2D eigenvalue weighted by Gasteiger charge is -1.98. The van der Waals surface area contributed by atoms with Crippen molar-refractivity contribution in [2.45, 2.75) is 20.8 Å². The molecule has 0 unspecified atom stereocenters. The van der Waals surface area contributed by atoms with Crippen LogP contribution in [0.1, 0.15) is 24.3 Å². The summed E-state index contributed by atoms with van der Waals surface area (Å²) >= 11 is 1.63. The summed E-state index contributed by atoms with van der Waals surface area (Å²) in [7, 11) is 0. The Kier molecular flexibility index (Phi) is 3.19. The molecule has 1 aromatic heterocycles. The van der Waals surface area contributed by atoms with Gasteiger partial charge in [0.25, 0.3) is 0 Å². The Morgan fingerprint density at radius 3 is 2.69 bits per heavy atom. The van der Waals surface area contributed by atoms with Crippen LogP contribution in [0.2, 0.25) is 0 Å². The van der Waals surface area contributed by atoms with Gasteiger partial charge in [0, 0.05) is 6.92 Å². The second-order valence-electron chi connectivity index (χ2n) is 2.80. The van der Waals surface area contributed by atoms with E-state index in [0.29, 0.717) is 0 Å². The third-order valence-corrected chi connectivity index (χ3v) is 2.70. The first kappa shape index (κ1) is 9.92. The Morgan fingerprint density at radius 1 is 1.54 bits per heavy atom. The molecule has 0 saturated carbocycles. The van der Waals surface area contributed by atoms with E-state index < -0.39 is 0 Å². The minimum Gasteiger partial charge on any atom is -0.274 e. The Balaban J connectivity index is 2.78. The number of hydrogen-bond donors (Lipinski definition) is 1. The Hall–Kier alpha value is -1.16. The molecule has 0 aromatic carbocycles. The number of nitrogens with zero attached hydrogens (tertiary/aromatic N) is 1. The fourth-order valence-corrected chi connectivity index (χ4v) is 1.84. The lowest BCUT2D eigenvalue weighted by molar-refractivity contribution is -0.118. The maximum atomic E-state index is 10.6. The van der Waals surface area contributed by atoms with Gasteiger partial charge in [0.2, 0.25) is 5.91 Å². The van der Waals surface area contributed by atoms with E-state index in [0.717, 1.165) is 10.6 Å². The van der Waals surface area contributed by atoms with Crippen molar-refractivity contribution < 1.29 is 4.79 Å². The SMILES string of the molecule is CC(=O)NN=C(C)c1sccc1C. The molecule has 70 valence electrons. The summed E-state index contributed by atoms with van der Waals surface area (Å²) in [5, 5.41) is 5.97. The highest BCUT2D eigenvalue weighted by Gasteiger charge is 2.02. The average Bonchev–Trinajstić information content (AvgIpc) is 2.47. The van der Waals surface area contributed by atoms with Crippen LogP contribution in [0.3, 0.4) is 0 Å². The maximum absolute atomic E-state index is 10.6. The normalized spacial score (nSPS) is 11.5. The second-order valence-corrected chi connectivity index (χ2v) is 3.71. The number of amides is 1. The number of nitrogens with one attached hydrogen (secondary N) is 1. The number of hydrogen-bond acceptors (Lipinski definition) is 3. The highest BCUT2D eigenvalue weighted by atomic mass is 32.1. The molecular weight excluding hydrogens is 184 g/mol. The molecule has 0 aliphatic rings. The predicted octanol–water partition coefficient (Wildman–Crippen LogP) is 1.92. The lowest BCUT2D eigenvalue weighted by Crippen LogP contribution is -2.14. The number of thiophene rings is 1. The fraction of sp³-hybridized carbons (Fsp3) is 0.333. The van der Waals surface area contributed by atoms with Crippen LogP contribution in [0.4, 0.5) is 0 Å². The number of rotatable bonds is 2. The molecule has 3 nitrogen and oxygen atoms in total. The zero-order chi connectivity index (χ0) is 9.84. The Labute approximate surface area is 81.5 Å². The van der Waals surface area contributed by atoms with E-state index in [4.69, 9.17) is 0 Å². The van der Waals surface area contributed by atoms with Crippen molar-refractivity contribution in [3.05, 3.63) is 21.9 Å². The summed E-state index contributed by atoms with van der Waals surface area (Å²) in [6, 6.07) is 2.03. The molecule has 1 aromatic rings. The van der Waals surface area contributed by atoms with Crippen LogP contribution in [-0.4, -0.2) is 11.6 Å². The maximum Gasteiger partial charge on any atom is 0.236 e. The Morgan fingerprint density at radius 2 is 2.23 bits per heavy atom. The van der Waals surface area contributed by atoms with Gasteiger partial charge in [-0.15, -0.1) is 11.3 Å². The topological polar surface area (TPSA) is 41.5 Å². The van der Waals surface area contributed by atoms with Gasteiger partial charge in [0.15, 0.2) is 0 Å². The largest absolute Gasteiger partial charge is 0.274 e. The summed E-state index contributed by atoms with van der Waals surface area (Å²) in [5.74, 6) is -0.145. The number of carbonyl (C=O) groups excluding carboxylic acids is 1. The molecule has 0 bridgehead atoms. The summed E-state index contributed by atoms with van der Waals surface area (Å²) in [4.78, 5) is 11.7. The van der Waals surface area contributed by atoms with Crippen molar-refractivity contribution in [3.8, 4) is 0 Å². The van der Waals surface area contributed by atoms with Crippen molar-refractivity contribution >= 4 is 23.0 Å². The van der Waals surface area contributed by atoms with Crippen LogP contribution in [0.15, 0.2) is 16.5 Å². The zero-order valence-corrected chi connectivity index (χ0v) is 8.73. The van der Waals surface area contributed by atoms with Gasteiger partial charge in [-0.25, -0.2) is 5.43 Å². The third kappa shape index (κ3) is 2.66. The molecule has 0 spiro atoms. The van der Waals surface area contributed by atoms with Crippen molar-refractivity contribution in [2.24, 2.45) is 5.10 Å². The summed E-state index contributed by atoms with van der Waals surface area (Å²) in [6.45, 7) is 5.35. The first-order valence-corrected chi connectivity index (χ1v) is 4.84. The quantitative estimate of drug-likeness (QED) is 0.570. The second kappa shape index (κ2) is 4.18. The molecule has 0 aliphatic carbocycles. The molecule has 1 rings (SSSR count). The van der Waals surface area contributed by atoms with E-state index in [1.54, 1.807) is 11.3 Å². The van der Waals surface area contributed by atoms with E-state index in [1.807, 2.05) is 25.3 Å². The lowest BCUT2D eigenvalue weighted by atomic mass is 10.2. The summed E-state index contributed by atoms with van der Waals surface area (Å²) in [5.41, 5.74) is 4.46. The van der Waals surface area contributed by atoms with Crippen LogP contribution >= 0.6 is 11.3 Å². The van der Waals surface area contributed by atoms with Crippen molar-refractivity contribution in [1.82, 2.24) is 5.43 Å². The third-order valence-electron chi connectivity index (χ3n) is 1.57. The molecule has 1 amide bonds. The van der Waals surface area contributed by atoms with Crippen molar-refractivity contribution in [1.29, 1.82) is 0 Å². The van der Waals surface area contributed by atoms with Crippen molar-refractivity contribution in [3.63, 3.8) is 0 Å². The molecule has 1 heterocycles. The van der Waals surface area contributed by atoms with Gasteiger partial charge in [0.05, 0.1) is 10.6 Å². The molecule has 13 heavy (non-hydrogen) atoms. The number of aryl methyl sites for hydroxylation is 1. The monoisotopic (exact) mass is 196 g/mol. The predicted molar refractivity (Wildman–Crippen MR) is 55.1 cm³/mol. The zero-order valence-electron chi connectivity index (χ0n) is 7.92. The van der Waals surface area contributed by atoms with E-state index in [2.05, 4.69) is 10.5 Å². The molecule has 1 N–H and O–H groups in total. The molecular formula is C9H12N2OS. The first-order chi connectivity index (χ1) is 6.11. The Bertz CT molecular complexity index is 341. The first-order valence-electron chi connectivity index (χ1n) is 3.96. The highest BCUT2D eigenvalue weighted by Crippen LogP contribution is 2.15. The average molecular weight is 196 g/mol. The van der Waals surface area contributed by atoms with Crippen molar-refractivity contribution in [2.75, 3.05) is 0 Å². The van der Waals surface area contributed by atoms with Gasteiger partial charge >= 0.3 is 0 Å². The van der Waals surface area contributed by atoms with Crippen LogP contribution in [0.25, 0.3) is 0 Å². The molecule has 0 radical (unpaired) electrons. The van der Waals surface area contributed by atoms with Gasteiger partial charge in [-0.3, -0.25) is 4.79 Å². The van der Waals surface area contributed by atoms with E-state index in [-0.39, 0.29) is 5.91 Å². The number of carbonyl (C=O) groups is 1. The minimum absolute atomic E-state index is 0.145. The standard InChI is InChI=1S/C9H12N2OS/c1-6-4-5-13-9(6)7(2)10-11-8(3)12/h4-5H,1-3H3,(H,11,12). The molecule has 4 heteroatoms. The van der Waals surface area contributed by atoms with Gasteiger partial charge in [-0.2, -0.15) is 5.10 Å². The van der Waals surface area contributed by atoms with E-state index >= 15 is 0 Å². The molecule has 0 saturated heterocycles. The molecule has 0 fully saturated rings. The summed E-state index contributed by atoms with van der Waals surface area (Å²) < 4.78 is 0. The number of hydrazone groups is 1. The minimum atomic E-state index is -0.145. The van der Waals surface area contributed by atoms with Gasteiger partial charge in [0.1, 0.15) is 0 Å².